The summed E-state index contributed by atoms with van der Waals surface area (Å²) in [5, 5.41) is 9.95. The fourth-order valence-corrected chi connectivity index (χ4v) is 4.36. The lowest BCUT2D eigenvalue weighted by molar-refractivity contribution is -0.353. The molecule has 6 nitrogen and oxygen atoms in total. The maximum Gasteiger partial charge on any atom is 0.293 e. The van der Waals surface area contributed by atoms with Crippen molar-refractivity contribution in [3.63, 3.8) is 0 Å². The van der Waals surface area contributed by atoms with Crippen molar-refractivity contribution >= 4 is 11.7 Å². The molecule has 0 atom stereocenters. The molecule has 0 bridgehead atoms. The molecule has 0 unspecified atom stereocenters. The van der Waals surface area contributed by atoms with E-state index in [1.54, 1.807) is 6.26 Å². The lowest BCUT2D eigenvalue weighted by atomic mass is 9.87. The van der Waals surface area contributed by atoms with Gasteiger partial charge in [0.05, 0.1) is 19.4 Å². The van der Waals surface area contributed by atoms with Gasteiger partial charge < -0.3 is 9.32 Å². The van der Waals surface area contributed by atoms with E-state index < -0.39 is 0 Å². The van der Waals surface area contributed by atoms with Gasteiger partial charge in [-0.1, -0.05) is 13.8 Å². The third-order valence-corrected chi connectivity index (χ3v) is 5.83. The minimum Gasteiger partial charge on any atom is -0.461 e. The maximum atomic E-state index is 12.3. The van der Waals surface area contributed by atoms with Crippen LogP contribution in [0, 0.1) is 17.2 Å². The maximum absolute atomic E-state index is 12.3. The summed E-state index contributed by atoms with van der Waals surface area (Å²) in [6.07, 6.45) is 5.83. The molecule has 28 heavy (non-hydrogen) atoms. The molecule has 2 aromatic rings. The topological polar surface area (TPSA) is 74.6 Å². The Morgan fingerprint density at radius 3 is 2.50 bits per heavy atom. The molecule has 0 aromatic carbocycles. The summed E-state index contributed by atoms with van der Waals surface area (Å²) in [4.78, 5) is 20.0. The second kappa shape index (κ2) is 7.67. The summed E-state index contributed by atoms with van der Waals surface area (Å²) in [5.41, 5.74) is 4.13. The minimum absolute atomic E-state index is 0.0158. The van der Waals surface area contributed by atoms with E-state index in [9.17, 15) is 10.1 Å². The average molecular weight is 379 g/mol. The summed E-state index contributed by atoms with van der Waals surface area (Å²) in [6.45, 7) is 6.69. The molecule has 0 spiro atoms. The van der Waals surface area contributed by atoms with Gasteiger partial charge in [-0.3, -0.25) is 9.69 Å². The zero-order valence-electron chi connectivity index (χ0n) is 16.6. The van der Waals surface area contributed by atoms with Crippen LogP contribution in [0.4, 0.5) is 5.82 Å². The molecule has 1 aliphatic carbocycles. The van der Waals surface area contributed by atoms with Crippen LogP contribution in [0.3, 0.4) is 0 Å². The molecule has 1 N–H and O–H groups in total. The van der Waals surface area contributed by atoms with E-state index in [2.05, 4.69) is 16.0 Å². The number of amides is 1. The predicted molar refractivity (Wildman–Crippen MR) is 106 cm³/mol. The molecular weight excluding hydrogens is 352 g/mol. The Kier molecular flexibility index (Phi) is 5.08. The van der Waals surface area contributed by atoms with Gasteiger partial charge in [0.2, 0.25) is 5.91 Å². The molecule has 0 radical (unpaired) electrons. The van der Waals surface area contributed by atoms with Gasteiger partial charge in [0.1, 0.15) is 24.7 Å². The highest BCUT2D eigenvalue weighted by atomic mass is 16.3. The number of hydrogen-bond acceptors (Lipinski definition) is 4. The van der Waals surface area contributed by atoms with Crippen LogP contribution < -0.4 is 9.88 Å². The molecule has 4 rings (SSSR count). The van der Waals surface area contributed by atoms with Crippen molar-refractivity contribution in [1.82, 2.24) is 4.90 Å². The molecule has 1 aliphatic heterocycles. The molecule has 146 valence electrons. The van der Waals surface area contributed by atoms with E-state index in [1.807, 2.05) is 30.9 Å². The van der Waals surface area contributed by atoms with Gasteiger partial charge in [-0.05, 0) is 43.4 Å². The number of anilines is 1. The Labute approximate surface area is 165 Å². The predicted octanol–water partition coefficient (Wildman–Crippen LogP) is 2.82. The first kappa shape index (κ1) is 18.5. The van der Waals surface area contributed by atoms with E-state index in [4.69, 9.17) is 4.42 Å². The number of carbonyl (C=O) groups is 1. The zero-order chi connectivity index (χ0) is 19.7. The number of pyridine rings is 1. The van der Waals surface area contributed by atoms with Gasteiger partial charge in [-0.15, -0.1) is 0 Å². The minimum atomic E-state index is 0.0158. The average Bonchev–Trinajstić information content (AvgIpc) is 3.26. The van der Waals surface area contributed by atoms with E-state index in [0.29, 0.717) is 13.1 Å². The number of piperazine rings is 1. The lowest BCUT2D eigenvalue weighted by Crippen LogP contribution is -2.51. The van der Waals surface area contributed by atoms with E-state index in [0.717, 1.165) is 67.2 Å². The molecular formula is C22H27N4O2+. The van der Waals surface area contributed by atoms with Crippen LogP contribution in [-0.4, -0.2) is 37.0 Å². The molecule has 2 aliphatic rings. The molecule has 0 saturated carbocycles. The SMILES string of the molecule is CC(C)C(=O)N1CCN(c2[nH+]c(-c3ccco3)c3c(c2C#N)CCCC3)CC1. The first-order valence-electron chi connectivity index (χ1n) is 10.2. The highest BCUT2D eigenvalue weighted by Gasteiger charge is 2.33. The van der Waals surface area contributed by atoms with Crippen LogP contribution >= 0.6 is 0 Å². The first-order valence-corrected chi connectivity index (χ1v) is 10.2. The number of fused-ring (bicyclic) bond motifs is 1. The van der Waals surface area contributed by atoms with Crippen molar-refractivity contribution in [3.8, 4) is 17.5 Å². The number of carbonyl (C=O) groups excluding carboxylic acids is 1. The lowest BCUT2D eigenvalue weighted by Gasteiger charge is -2.33. The Morgan fingerprint density at radius 1 is 1.18 bits per heavy atom. The number of hydrogen-bond donors (Lipinski definition) is 0. The van der Waals surface area contributed by atoms with Crippen LogP contribution in [-0.2, 0) is 17.6 Å². The van der Waals surface area contributed by atoms with Gasteiger partial charge in [0.25, 0.3) is 5.82 Å². The van der Waals surface area contributed by atoms with Crippen molar-refractivity contribution < 1.29 is 14.2 Å². The molecule has 6 heteroatoms. The van der Waals surface area contributed by atoms with Crippen LogP contribution in [0.5, 0.6) is 0 Å². The highest BCUT2D eigenvalue weighted by Crippen LogP contribution is 2.34. The van der Waals surface area contributed by atoms with E-state index in [-0.39, 0.29) is 11.8 Å². The van der Waals surface area contributed by atoms with Crippen molar-refractivity contribution in [2.75, 3.05) is 31.1 Å². The summed E-state index contributed by atoms with van der Waals surface area (Å²) in [6, 6.07) is 6.33. The summed E-state index contributed by atoms with van der Waals surface area (Å²) < 4.78 is 5.69. The standard InChI is InChI=1S/C22H26N4O2/c1-15(2)22(27)26-11-9-25(10-12-26)21-18(14-23)16-6-3-4-7-17(16)20(24-21)19-8-5-13-28-19/h5,8,13,15H,3-4,6-7,9-12H2,1-2H3/p+1. The van der Waals surface area contributed by atoms with Gasteiger partial charge in [0.15, 0.2) is 11.5 Å². The number of H-pyrrole nitrogens is 1. The van der Waals surface area contributed by atoms with Crippen LogP contribution in [0.1, 0.15) is 43.4 Å². The normalized spacial score (nSPS) is 16.8. The first-order chi connectivity index (χ1) is 13.6. The van der Waals surface area contributed by atoms with Crippen LogP contribution in [0.15, 0.2) is 22.8 Å². The molecule has 1 amide bonds. The van der Waals surface area contributed by atoms with E-state index in [1.165, 1.54) is 5.56 Å². The molecule has 1 fully saturated rings. The van der Waals surface area contributed by atoms with Crippen molar-refractivity contribution in [2.24, 2.45) is 5.92 Å². The number of furan rings is 1. The fourth-order valence-electron chi connectivity index (χ4n) is 4.36. The monoisotopic (exact) mass is 379 g/mol. The van der Waals surface area contributed by atoms with Crippen LogP contribution in [0.2, 0.25) is 0 Å². The summed E-state index contributed by atoms with van der Waals surface area (Å²) in [5.74, 6) is 1.90. The highest BCUT2D eigenvalue weighted by molar-refractivity contribution is 5.78. The van der Waals surface area contributed by atoms with Gasteiger partial charge in [-0.2, -0.15) is 5.26 Å². The molecule has 3 heterocycles. The van der Waals surface area contributed by atoms with Crippen LogP contribution in [0.25, 0.3) is 11.5 Å². The quantitative estimate of drug-likeness (QED) is 0.822. The number of nitrogens with zero attached hydrogens (tertiary/aromatic N) is 3. The number of nitriles is 1. The second-order valence-electron chi connectivity index (χ2n) is 7.94. The Balaban J connectivity index is 1.71. The van der Waals surface area contributed by atoms with Crippen molar-refractivity contribution in [2.45, 2.75) is 39.5 Å². The Morgan fingerprint density at radius 2 is 1.89 bits per heavy atom. The third-order valence-electron chi connectivity index (χ3n) is 5.83. The van der Waals surface area contributed by atoms with Gasteiger partial charge >= 0.3 is 0 Å². The van der Waals surface area contributed by atoms with Gasteiger partial charge in [-0.25, -0.2) is 4.98 Å². The Hall–Kier alpha value is -2.81. The number of aromatic nitrogens is 1. The number of nitrogens with one attached hydrogen (secondary N) is 1. The fraction of sp³-hybridized carbons (Fsp3) is 0.500. The Bertz CT molecular complexity index is 904. The second-order valence-corrected chi connectivity index (χ2v) is 7.94. The van der Waals surface area contributed by atoms with Crippen molar-refractivity contribution in [1.29, 1.82) is 5.26 Å². The molecule has 1 saturated heterocycles. The summed E-state index contributed by atoms with van der Waals surface area (Å²) >= 11 is 0. The smallest absolute Gasteiger partial charge is 0.293 e. The summed E-state index contributed by atoms with van der Waals surface area (Å²) in [7, 11) is 0. The largest absolute Gasteiger partial charge is 0.461 e. The zero-order valence-corrected chi connectivity index (χ0v) is 16.6. The van der Waals surface area contributed by atoms with Gasteiger partial charge in [0, 0.05) is 11.5 Å². The molecule has 2 aromatic heterocycles. The van der Waals surface area contributed by atoms with Crippen molar-refractivity contribution in [3.05, 3.63) is 35.1 Å². The van der Waals surface area contributed by atoms with E-state index >= 15 is 0 Å². The number of rotatable bonds is 3. The number of aromatic amines is 1. The third kappa shape index (κ3) is 3.26.